The molecule has 0 aliphatic carbocycles. The van der Waals surface area contributed by atoms with E-state index in [4.69, 9.17) is 0 Å². The van der Waals surface area contributed by atoms with Crippen LogP contribution >= 0.6 is 35.3 Å². The van der Waals surface area contributed by atoms with Gasteiger partial charge in [0.05, 0.1) is 11.5 Å². The molecule has 1 aliphatic rings. The lowest BCUT2D eigenvalue weighted by atomic mass is 10.1. The third-order valence-electron chi connectivity index (χ3n) is 5.33. The first kappa shape index (κ1) is 22.6. The van der Waals surface area contributed by atoms with Gasteiger partial charge in [0.1, 0.15) is 0 Å². The van der Waals surface area contributed by atoms with Gasteiger partial charge in [0, 0.05) is 45.1 Å². The molecule has 4 rings (SSSR count). The number of aromatic nitrogens is 2. The Hall–Kier alpha value is -2.07. The fourth-order valence-corrected chi connectivity index (χ4v) is 4.50. The summed E-state index contributed by atoms with van der Waals surface area (Å²) >= 11 is 1.82. The Kier molecular flexibility index (Phi) is 8.56. The van der Waals surface area contributed by atoms with Gasteiger partial charge in [-0.05, 0) is 47.5 Å². The smallest absolute Gasteiger partial charge is 0.191 e. The van der Waals surface area contributed by atoms with Crippen LogP contribution in [0.5, 0.6) is 0 Å². The van der Waals surface area contributed by atoms with Crippen molar-refractivity contribution < 1.29 is 0 Å². The maximum atomic E-state index is 4.44. The van der Waals surface area contributed by atoms with Crippen LogP contribution in [0.3, 0.4) is 0 Å². The highest BCUT2D eigenvalue weighted by molar-refractivity contribution is 14.0. The van der Waals surface area contributed by atoms with Crippen LogP contribution in [0, 0.1) is 0 Å². The molecule has 3 heterocycles. The zero-order chi connectivity index (χ0) is 19.9. The van der Waals surface area contributed by atoms with Crippen LogP contribution in [0.1, 0.15) is 24.0 Å². The number of hydrogen-bond acceptors (Lipinski definition) is 4. The average Bonchev–Trinajstić information content (AvgIpc) is 3.47. The number of piperidine rings is 1. The zero-order valence-electron chi connectivity index (χ0n) is 17.2. The first-order valence-corrected chi connectivity index (χ1v) is 11.0. The number of nitrogens with zero attached hydrogens (tertiary/aromatic N) is 4. The first-order valence-electron chi connectivity index (χ1n) is 10.1. The molecule has 0 saturated carbocycles. The van der Waals surface area contributed by atoms with Gasteiger partial charge >= 0.3 is 0 Å². The van der Waals surface area contributed by atoms with Crippen LogP contribution in [0.15, 0.2) is 65.2 Å². The number of rotatable bonds is 6. The normalized spacial score (nSPS) is 15.0. The Bertz CT molecular complexity index is 902. The van der Waals surface area contributed by atoms with E-state index in [0.717, 1.165) is 45.0 Å². The average molecular weight is 536 g/mol. The molecular formula is C22H29IN6S. The predicted molar refractivity (Wildman–Crippen MR) is 136 cm³/mol. The topological polar surface area (TPSA) is 57.5 Å². The van der Waals surface area contributed by atoms with Crippen LogP contribution in [-0.2, 0) is 13.1 Å². The summed E-state index contributed by atoms with van der Waals surface area (Å²) < 4.78 is 1.95. The van der Waals surface area contributed by atoms with Crippen molar-refractivity contribution >= 4 is 46.3 Å². The lowest BCUT2D eigenvalue weighted by Crippen LogP contribution is -2.48. The minimum Gasteiger partial charge on any atom is -0.363 e. The fourth-order valence-electron chi connectivity index (χ4n) is 3.71. The van der Waals surface area contributed by atoms with Crippen molar-refractivity contribution in [2.24, 2.45) is 4.99 Å². The molecule has 0 unspecified atom stereocenters. The number of thiophene rings is 1. The van der Waals surface area contributed by atoms with Crippen LogP contribution in [0.25, 0.3) is 0 Å². The standard InChI is InChI=1S/C22H28N6S.HI/c1-23-22(26-20-9-13-27(14-10-20)21-8-4-15-29-21)24-16-18-6-2-3-7-19(18)17-28-12-5-11-25-28;/h2-8,11-12,15,20H,9-10,13-14,16-17H2,1H3,(H2,23,24,26);1H. The molecule has 2 aromatic heterocycles. The van der Waals surface area contributed by atoms with Crippen molar-refractivity contribution in [2.45, 2.75) is 32.0 Å². The summed E-state index contributed by atoms with van der Waals surface area (Å²) in [6.07, 6.45) is 6.05. The van der Waals surface area contributed by atoms with Crippen LogP contribution in [0.4, 0.5) is 5.00 Å². The van der Waals surface area contributed by atoms with Crippen molar-refractivity contribution in [2.75, 3.05) is 25.0 Å². The molecule has 0 amide bonds. The third-order valence-corrected chi connectivity index (χ3v) is 6.26. The molecule has 1 aromatic carbocycles. The van der Waals surface area contributed by atoms with E-state index in [0.29, 0.717) is 6.04 Å². The lowest BCUT2D eigenvalue weighted by Gasteiger charge is -2.33. The highest BCUT2D eigenvalue weighted by atomic mass is 127. The Labute approximate surface area is 199 Å². The number of nitrogens with one attached hydrogen (secondary N) is 2. The molecule has 2 N–H and O–H groups in total. The summed E-state index contributed by atoms with van der Waals surface area (Å²) in [7, 11) is 1.84. The number of hydrogen-bond donors (Lipinski definition) is 2. The summed E-state index contributed by atoms with van der Waals surface area (Å²) in [4.78, 5) is 6.91. The molecule has 1 fully saturated rings. The summed E-state index contributed by atoms with van der Waals surface area (Å²) in [5, 5.41) is 14.9. The first-order chi connectivity index (χ1) is 14.3. The SMILES string of the molecule is CN=C(NCc1ccccc1Cn1cccn1)NC1CCN(c2cccs2)CC1.I. The molecule has 8 heteroatoms. The van der Waals surface area contributed by atoms with Gasteiger partial charge < -0.3 is 15.5 Å². The molecule has 1 aliphatic heterocycles. The van der Waals surface area contributed by atoms with Crippen molar-refractivity contribution in [1.29, 1.82) is 0 Å². The molecular weight excluding hydrogens is 507 g/mol. The van der Waals surface area contributed by atoms with Gasteiger partial charge in [-0.1, -0.05) is 24.3 Å². The Morgan fingerprint density at radius 3 is 2.60 bits per heavy atom. The minimum absolute atomic E-state index is 0. The second kappa shape index (κ2) is 11.4. The largest absolute Gasteiger partial charge is 0.363 e. The van der Waals surface area contributed by atoms with Gasteiger partial charge in [0.2, 0.25) is 0 Å². The van der Waals surface area contributed by atoms with Gasteiger partial charge in [0.15, 0.2) is 5.96 Å². The summed E-state index contributed by atoms with van der Waals surface area (Å²) in [6.45, 7) is 3.69. The van der Waals surface area contributed by atoms with Gasteiger partial charge in [-0.25, -0.2) is 0 Å². The van der Waals surface area contributed by atoms with Crippen molar-refractivity contribution in [3.63, 3.8) is 0 Å². The molecule has 30 heavy (non-hydrogen) atoms. The summed E-state index contributed by atoms with van der Waals surface area (Å²) in [5.41, 5.74) is 2.53. The van der Waals surface area contributed by atoms with E-state index in [9.17, 15) is 0 Å². The number of anilines is 1. The van der Waals surface area contributed by atoms with Crippen molar-refractivity contribution in [3.8, 4) is 0 Å². The van der Waals surface area contributed by atoms with E-state index >= 15 is 0 Å². The van der Waals surface area contributed by atoms with Crippen LogP contribution in [-0.4, -0.2) is 41.9 Å². The van der Waals surface area contributed by atoms with E-state index in [-0.39, 0.29) is 24.0 Å². The molecule has 1 saturated heterocycles. The summed E-state index contributed by atoms with van der Waals surface area (Å²) in [6, 6.07) is 15.2. The molecule has 6 nitrogen and oxygen atoms in total. The van der Waals surface area contributed by atoms with Crippen LogP contribution < -0.4 is 15.5 Å². The van der Waals surface area contributed by atoms with Crippen molar-refractivity contribution in [3.05, 3.63) is 71.4 Å². The lowest BCUT2D eigenvalue weighted by molar-refractivity contribution is 0.462. The molecule has 160 valence electrons. The second-order valence-electron chi connectivity index (χ2n) is 7.26. The van der Waals surface area contributed by atoms with E-state index < -0.39 is 0 Å². The van der Waals surface area contributed by atoms with E-state index in [1.54, 1.807) is 0 Å². The number of benzene rings is 1. The van der Waals surface area contributed by atoms with Gasteiger partial charge in [0.25, 0.3) is 0 Å². The Balaban J connectivity index is 0.00000256. The quantitative estimate of drug-likeness (QED) is 0.285. The third kappa shape index (κ3) is 5.98. The minimum atomic E-state index is 0. The highest BCUT2D eigenvalue weighted by Gasteiger charge is 2.20. The van der Waals surface area contributed by atoms with Gasteiger partial charge in [-0.15, -0.1) is 35.3 Å². The zero-order valence-corrected chi connectivity index (χ0v) is 20.3. The second-order valence-corrected chi connectivity index (χ2v) is 8.18. The molecule has 0 atom stereocenters. The summed E-state index contributed by atoms with van der Waals surface area (Å²) in [5.74, 6) is 0.869. The maximum absolute atomic E-state index is 4.44. The monoisotopic (exact) mass is 536 g/mol. The van der Waals surface area contributed by atoms with E-state index in [2.05, 4.69) is 67.4 Å². The highest BCUT2D eigenvalue weighted by Crippen LogP contribution is 2.24. The molecule has 0 radical (unpaired) electrons. The number of aliphatic imine (C=N–C) groups is 1. The van der Waals surface area contributed by atoms with Crippen molar-refractivity contribution in [1.82, 2.24) is 20.4 Å². The number of guanidine groups is 1. The van der Waals surface area contributed by atoms with E-state index in [1.165, 1.54) is 16.1 Å². The maximum Gasteiger partial charge on any atom is 0.191 e. The Morgan fingerprint density at radius 2 is 1.93 bits per heavy atom. The Morgan fingerprint density at radius 1 is 1.13 bits per heavy atom. The number of halogens is 1. The van der Waals surface area contributed by atoms with Gasteiger partial charge in [-0.3, -0.25) is 9.67 Å². The van der Waals surface area contributed by atoms with E-state index in [1.807, 2.05) is 41.5 Å². The van der Waals surface area contributed by atoms with Crippen LogP contribution in [0.2, 0.25) is 0 Å². The fraction of sp³-hybridized carbons (Fsp3) is 0.364. The molecule has 3 aromatic rings. The predicted octanol–water partition coefficient (Wildman–Crippen LogP) is 3.94. The molecule has 0 bridgehead atoms. The van der Waals surface area contributed by atoms with Gasteiger partial charge in [-0.2, -0.15) is 5.10 Å². The molecule has 0 spiro atoms.